The number of hydrogen-bond acceptors (Lipinski definition) is 5. The van der Waals surface area contributed by atoms with Gasteiger partial charge in [0.15, 0.2) is 11.5 Å². The Kier molecular flexibility index (Phi) is 3.07. The quantitative estimate of drug-likeness (QED) is 0.920. The fourth-order valence-corrected chi connectivity index (χ4v) is 2.39. The van der Waals surface area contributed by atoms with Gasteiger partial charge in [0.2, 0.25) is 6.79 Å². The summed E-state index contributed by atoms with van der Waals surface area (Å²) in [5, 5.41) is 0. The van der Waals surface area contributed by atoms with Crippen molar-refractivity contribution in [3.05, 3.63) is 18.0 Å². The highest BCUT2D eigenvalue weighted by atomic mass is 16.7. The third-order valence-electron chi connectivity index (χ3n) is 3.16. The number of aromatic nitrogens is 2. The summed E-state index contributed by atoms with van der Waals surface area (Å²) in [6.45, 7) is 5.33. The molecule has 0 unspecified atom stereocenters. The lowest BCUT2D eigenvalue weighted by molar-refractivity contribution is 0.172. The van der Waals surface area contributed by atoms with Crippen LogP contribution in [0.2, 0.25) is 0 Å². The molecule has 2 N–H and O–H groups in total. The Labute approximate surface area is 117 Å². The van der Waals surface area contributed by atoms with Gasteiger partial charge < -0.3 is 24.5 Å². The molecule has 1 aromatic heterocycles. The standard InChI is InChI=1S/C14H19N3O3/c1-14(2,15)7-17-10-5-12-11(19-8-20-12)4-9(10)16-13(17)6-18-3/h4-5H,6-8,15H2,1-3H3. The largest absolute Gasteiger partial charge is 0.454 e. The summed E-state index contributed by atoms with van der Waals surface area (Å²) in [5.74, 6) is 2.33. The summed E-state index contributed by atoms with van der Waals surface area (Å²) >= 11 is 0. The first-order chi connectivity index (χ1) is 9.48. The minimum atomic E-state index is -0.341. The van der Waals surface area contributed by atoms with Crippen molar-refractivity contribution in [2.24, 2.45) is 5.73 Å². The van der Waals surface area contributed by atoms with Gasteiger partial charge >= 0.3 is 0 Å². The van der Waals surface area contributed by atoms with E-state index >= 15 is 0 Å². The third kappa shape index (κ3) is 2.32. The molecule has 0 aliphatic carbocycles. The van der Waals surface area contributed by atoms with E-state index in [1.54, 1.807) is 7.11 Å². The van der Waals surface area contributed by atoms with E-state index in [1.165, 1.54) is 0 Å². The van der Waals surface area contributed by atoms with Crippen molar-refractivity contribution in [1.29, 1.82) is 0 Å². The molecule has 1 aliphatic rings. The zero-order valence-electron chi connectivity index (χ0n) is 12.0. The molecule has 2 aromatic rings. The Morgan fingerprint density at radius 2 is 2.05 bits per heavy atom. The lowest BCUT2D eigenvalue weighted by atomic mass is 10.1. The van der Waals surface area contributed by atoms with Crippen molar-refractivity contribution in [2.75, 3.05) is 13.9 Å². The van der Waals surface area contributed by atoms with E-state index in [9.17, 15) is 0 Å². The first kappa shape index (κ1) is 13.2. The molecule has 108 valence electrons. The topological polar surface area (TPSA) is 71.5 Å². The summed E-state index contributed by atoms with van der Waals surface area (Å²) in [6.07, 6.45) is 0. The number of hydrogen-bond donors (Lipinski definition) is 1. The van der Waals surface area contributed by atoms with Crippen molar-refractivity contribution in [1.82, 2.24) is 9.55 Å². The Hall–Kier alpha value is -1.79. The smallest absolute Gasteiger partial charge is 0.231 e. The maximum atomic E-state index is 6.15. The highest BCUT2D eigenvalue weighted by molar-refractivity contribution is 5.81. The molecule has 2 heterocycles. The van der Waals surface area contributed by atoms with Gasteiger partial charge in [-0.1, -0.05) is 0 Å². The number of benzene rings is 1. The highest BCUT2D eigenvalue weighted by Crippen LogP contribution is 2.36. The Bertz CT molecular complexity index is 643. The van der Waals surface area contributed by atoms with Gasteiger partial charge in [-0.25, -0.2) is 4.98 Å². The van der Waals surface area contributed by atoms with E-state index in [0.717, 1.165) is 28.4 Å². The van der Waals surface area contributed by atoms with Crippen LogP contribution in [-0.2, 0) is 17.9 Å². The first-order valence-corrected chi connectivity index (χ1v) is 6.54. The summed E-state index contributed by atoms with van der Waals surface area (Å²) < 4.78 is 18.1. The Balaban J connectivity index is 2.14. The monoisotopic (exact) mass is 277 g/mol. The molecule has 0 saturated heterocycles. The average Bonchev–Trinajstić information content (AvgIpc) is 2.91. The van der Waals surface area contributed by atoms with Crippen LogP contribution in [0, 0.1) is 0 Å². The van der Waals surface area contributed by atoms with Crippen LogP contribution in [0.5, 0.6) is 11.5 Å². The third-order valence-corrected chi connectivity index (χ3v) is 3.16. The number of fused-ring (bicyclic) bond motifs is 2. The second-order valence-corrected chi connectivity index (χ2v) is 5.73. The molecule has 6 nitrogen and oxygen atoms in total. The van der Waals surface area contributed by atoms with E-state index in [-0.39, 0.29) is 12.3 Å². The van der Waals surface area contributed by atoms with Crippen LogP contribution in [0.3, 0.4) is 0 Å². The number of rotatable bonds is 4. The van der Waals surface area contributed by atoms with Crippen LogP contribution in [0.15, 0.2) is 12.1 Å². The predicted molar refractivity (Wildman–Crippen MR) is 74.8 cm³/mol. The van der Waals surface area contributed by atoms with Gasteiger partial charge in [-0.15, -0.1) is 0 Å². The lowest BCUT2D eigenvalue weighted by Gasteiger charge is -2.21. The van der Waals surface area contributed by atoms with Crippen molar-refractivity contribution >= 4 is 11.0 Å². The fraction of sp³-hybridized carbons (Fsp3) is 0.500. The van der Waals surface area contributed by atoms with E-state index in [0.29, 0.717) is 13.2 Å². The predicted octanol–water partition coefficient (Wildman–Crippen LogP) is 1.65. The van der Waals surface area contributed by atoms with Crippen molar-refractivity contribution in [3.8, 4) is 11.5 Å². The number of nitrogens with zero attached hydrogens (tertiary/aromatic N) is 2. The fourth-order valence-electron chi connectivity index (χ4n) is 2.39. The van der Waals surface area contributed by atoms with Gasteiger partial charge in [0, 0.05) is 31.3 Å². The first-order valence-electron chi connectivity index (χ1n) is 6.54. The van der Waals surface area contributed by atoms with Crippen LogP contribution in [-0.4, -0.2) is 29.0 Å². The van der Waals surface area contributed by atoms with Gasteiger partial charge in [-0.3, -0.25) is 0 Å². The van der Waals surface area contributed by atoms with Crippen molar-refractivity contribution in [3.63, 3.8) is 0 Å². The van der Waals surface area contributed by atoms with Crippen LogP contribution in [0.1, 0.15) is 19.7 Å². The highest BCUT2D eigenvalue weighted by Gasteiger charge is 2.22. The normalized spacial score (nSPS) is 14.2. The second-order valence-electron chi connectivity index (χ2n) is 5.73. The molecular formula is C14H19N3O3. The van der Waals surface area contributed by atoms with Gasteiger partial charge in [-0.05, 0) is 13.8 Å². The molecule has 1 aromatic carbocycles. The maximum Gasteiger partial charge on any atom is 0.231 e. The van der Waals surface area contributed by atoms with Crippen LogP contribution < -0.4 is 15.2 Å². The lowest BCUT2D eigenvalue weighted by Crippen LogP contribution is -2.37. The molecule has 0 radical (unpaired) electrons. The SMILES string of the molecule is COCc1nc2cc3c(cc2n1CC(C)(C)N)OCO3. The molecule has 0 atom stereocenters. The average molecular weight is 277 g/mol. The molecule has 3 rings (SSSR count). The molecule has 0 spiro atoms. The van der Waals surface area contributed by atoms with Gasteiger partial charge in [0.1, 0.15) is 12.4 Å². The maximum absolute atomic E-state index is 6.15. The van der Waals surface area contributed by atoms with Crippen LogP contribution >= 0.6 is 0 Å². The number of nitrogens with two attached hydrogens (primary N) is 1. The van der Waals surface area contributed by atoms with E-state index in [2.05, 4.69) is 9.55 Å². The van der Waals surface area contributed by atoms with E-state index < -0.39 is 0 Å². The number of ether oxygens (including phenoxy) is 3. The van der Waals surface area contributed by atoms with Crippen molar-refractivity contribution < 1.29 is 14.2 Å². The van der Waals surface area contributed by atoms with Crippen LogP contribution in [0.4, 0.5) is 0 Å². The molecular weight excluding hydrogens is 258 g/mol. The molecule has 0 amide bonds. The van der Waals surface area contributed by atoms with Crippen LogP contribution in [0.25, 0.3) is 11.0 Å². The zero-order chi connectivity index (χ0) is 14.3. The molecule has 0 bridgehead atoms. The van der Waals surface area contributed by atoms with E-state index in [4.69, 9.17) is 19.9 Å². The van der Waals surface area contributed by atoms with Gasteiger partial charge in [0.25, 0.3) is 0 Å². The molecule has 0 saturated carbocycles. The van der Waals surface area contributed by atoms with Crippen molar-refractivity contribution in [2.45, 2.75) is 32.5 Å². The van der Waals surface area contributed by atoms with E-state index in [1.807, 2.05) is 26.0 Å². The summed E-state index contributed by atoms with van der Waals surface area (Å²) in [5.41, 5.74) is 7.66. The summed E-state index contributed by atoms with van der Waals surface area (Å²) in [4.78, 5) is 4.61. The summed E-state index contributed by atoms with van der Waals surface area (Å²) in [6, 6.07) is 3.85. The Morgan fingerprint density at radius 3 is 2.70 bits per heavy atom. The number of methoxy groups -OCH3 is 1. The molecule has 6 heteroatoms. The zero-order valence-corrected chi connectivity index (χ0v) is 12.0. The minimum absolute atomic E-state index is 0.259. The minimum Gasteiger partial charge on any atom is -0.454 e. The Morgan fingerprint density at radius 1 is 1.35 bits per heavy atom. The number of imidazole rings is 1. The molecule has 1 aliphatic heterocycles. The molecule has 20 heavy (non-hydrogen) atoms. The second kappa shape index (κ2) is 4.64. The van der Waals surface area contributed by atoms with Gasteiger partial charge in [-0.2, -0.15) is 0 Å². The molecule has 0 fully saturated rings. The van der Waals surface area contributed by atoms with Gasteiger partial charge in [0.05, 0.1) is 11.0 Å². The summed E-state index contributed by atoms with van der Waals surface area (Å²) in [7, 11) is 1.66.